The molecule has 2 aromatic carbocycles. The summed E-state index contributed by atoms with van der Waals surface area (Å²) in [5.74, 6) is -0.218. The molecule has 0 radical (unpaired) electrons. The molecule has 1 aliphatic heterocycles. The molecule has 0 spiro atoms. The third-order valence-electron chi connectivity index (χ3n) is 5.40. The van der Waals surface area contributed by atoms with Crippen molar-refractivity contribution in [1.29, 1.82) is 0 Å². The maximum atomic E-state index is 12.8. The Morgan fingerprint density at radius 2 is 1.83 bits per heavy atom. The summed E-state index contributed by atoms with van der Waals surface area (Å²) in [6.07, 6.45) is 1.82. The number of benzene rings is 2. The van der Waals surface area contributed by atoms with Crippen LogP contribution in [0, 0.1) is 13.8 Å². The summed E-state index contributed by atoms with van der Waals surface area (Å²) in [6.45, 7) is 8.81. The Labute approximate surface area is 173 Å². The van der Waals surface area contributed by atoms with Crippen LogP contribution in [0.15, 0.2) is 47.4 Å². The number of carbonyl (C=O) groups excluding carboxylic acids is 1. The zero-order chi connectivity index (χ0) is 21.0. The number of nitrogens with one attached hydrogen (secondary N) is 2. The zero-order valence-electron chi connectivity index (χ0n) is 17.2. The first-order valence-electron chi connectivity index (χ1n) is 10.0. The molecule has 3 rings (SSSR count). The van der Waals surface area contributed by atoms with E-state index in [1.54, 1.807) is 24.3 Å². The summed E-state index contributed by atoms with van der Waals surface area (Å²) < 4.78 is 28.2. The maximum absolute atomic E-state index is 12.8. The Hall–Kier alpha value is -2.38. The molecule has 0 aliphatic carbocycles. The fourth-order valence-electron chi connectivity index (χ4n) is 3.59. The molecule has 1 heterocycles. The van der Waals surface area contributed by atoms with Crippen LogP contribution in [0.1, 0.15) is 41.3 Å². The van der Waals surface area contributed by atoms with Gasteiger partial charge in [-0.1, -0.05) is 25.1 Å². The van der Waals surface area contributed by atoms with Crippen LogP contribution in [0.25, 0.3) is 0 Å². The van der Waals surface area contributed by atoms with Crippen molar-refractivity contribution in [3.8, 4) is 0 Å². The van der Waals surface area contributed by atoms with Crippen LogP contribution < -0.4 is 10.0 Å². The first-order valence-corrected chi connectivity index (χ1v) is 11.5. The minimum Gasteiger partial charge on any atom is -0.349 e. The molecule has 0 saturated carbocycles. The van der Waals surface area contributed by atoms with Gasteiger partial charge < -0.3 is 10.2 Å². The van der Waals surface area contributed by atoms with Crippen molar-refractivity contribution in [2.45, 2.75) is 44.6 Å². The van der Waals surface area contributed by atoms with Gasteiger partial charge in [0.05, 0.1) is 4.90 Å². The lowest BCUT2D eigenvalue weighted by atomic mass is 10.0. The second-order valence-electron chi connectivity index (χ2n) is 7.63. The van der Waals surface area contributed by atoms with Gasteiger partial charge in [0.1, 0.15) is 0 Å². The lowest BCUT2D eigenvalue weighted by Crippen LogP contribution is -2.44. The van der Waals surface area contributed by atoms with Gasteiger partial charge in [0.25, 0.3) is 15.9 Å². The van der Waals surface area contributed by atoms with E-state index >= 15 is 0 Å². The Morgan fingerprint density at radius 3 is 2.48 bits per heavy atom. The molecule has 1 fully saturated rings. The van der Waals surface area contributed by atoms with E-state index in [1.165, 1.54) is 12.1 Å². The van der Waals surface area contributed by atoms with Crippen LogP contribution in [0.5, 0.6) is 0 Å². The molecule has 0 aromatic heterocycles. The first kappa shape index (κ1) is 21.3. The quantitative estimate of drug-likeness (QED) is 0.759. The van der Waals surface area contributed by atoms with Crippen LogP contribution in [-0.2, 0) is 10.0 Å². The third kappa shape index (κ3) is 5.36. The van der Waals surface area contributed by atoms with E-state index in [0.29, 0.717) is 11.3 Å². The number of rotatable bonds is 6. The topological polar surface area (TPSA) is 78.5 Å². The van der Waals surface area contributed by atoms with Gasteiger partial charge in [0.15, 0.2) is 0 Å². The predicted octanol–water partition coefficient (Wildman–Crippen LogP) is 3.32. The molecule has 0 atom stereocenters. The maximum Gasteiger partial charge on any atom is 0.261 e. The van der Waals surface area contributed by atoms with E-state index < -0.39 is 10.0 Å². The van der Waals surface area contributed by atoms with Gasteiger partial charge in [-0.3, -0.25) is 9.52 Å². The lowest BCUT2D eigenvalue weighted by molar-refractivity contribution is 0.0912. The summed E-state index contributed by atoms with van der Waals surface area (Å²) in [5.41, 5.74) is 2.61. The minimum absolute atomic E-state index is 0.0792. The number of carbonyl (C=O) groups is 1. The highest BCUT2D eigenvalue weighted by molar-refractivity contribution is 7.92. The summed E-state index contributed by atoms with van der Waals surface area (Å²) >= 11 is 0. The van der Waals surface area contributed by atoms with Crippen molar-refractivity contribution < 1.29 is 13.2 Å². The number of hydrogen-bond acceptors (Lipinski definition) is 4. The summed E-state index contributed by atoms with van der Waals surface area (Å²) in [6, 6.07) is 12.0. The normalized spacial score (nSPS) is 15.8. The molecule has 0 bridgehead atoms. The third-order valence-corrected chi connectivity index (χ3v) is 6.78. The summed E-state index contributed by atoms with van der Waals surface area (Å²) in [4.78, 5) is 15.3. The molecule has 6 nitrogen and oxygen atoms in total. The van der Waals surface area contributed by atoms with Crippen molar-refractivity contribution in [2.75, 3.05) is 24.4 Å². The Morgan fingerprint density at radius 1 is 1.10 bits per heavy atom. The first-order chi connectivity index (χ1) is 13.8. The SMILES string of the molecule is CCN1CCC(NC(=O)c2cc(S(=O)(=O)Nc3cccc(C)c3)ccc2C)CC1. The fourth-order valence-corrected chi connectivity index (χ4v) is 4.67. The molecule has 1 aliphatic rings. The van der Waals surface area contributed by atoms with Gasteiger partial charge in [-0.15, -0.1) is 0 Å². The van der Waals surface area contributed by atoms with Gasteiger partial charge >= 0.3 is 0 Å². The van der Waals surface area contributed by atoms with Gasteiger partial charge in [-0.05, 0) is 68.6 Å². The highest BCUT2D eigenvalue weighted by Gasteiger charge is 2.23. The summed E-state index contributed by atoms with van der Waals surface area (Å²) in [5, 5.41) is 3.08. The van der Waals surface area contributed by atoms with Crippen LogP contribution in [0.4, 0.5) is 5.69 Å². The highest BCUT2D eigenvalue weighted by Crippen LogP contribution is 2.21. The minimum atomic E-state index is -3.78. The number of anilines is 1. The molecule has 1 saturated heterocycles. The fraction of sp³-hybridized carbons (Fsp3) is 0.409. The molecule has 156 valence electrons. The van der Waals surface area contributed by atoms with E-state index in [0.717, 1.165) is 43.6 Å². The smallest absolute Gasteiger partial charge is 0.261 e. The standard InChI is InChI=1S/C22H29N3O3S/c1-4-25-12-10-18(11-13-25)23-22(26)21-15-20(9-8-17(21)3)29(27,28)24-19-7-5-6-16(2)14-19/h5-9,14-15,18,24H,4,10-13H2,1-3H3,(H,23,26). The van der Waals surface area contributed by atoms with Crippen LogP contribution in [-0.4, -0.2) is 44.9 Å². The average Bonchev–Trinajstić information content (AvgIpc) is 2.68. The number of sulfonamides is 1. The van der Waals surface area contributed by atoms with Crippen molar-refractivity contribution in [2.24, 2.45) is 0 Å². The van der Waals surface area contributed by atoms with Gasteiger partial charge in [0, 0.05) is 30.4 Å². The Kier molecular flexibility index (Phi) is 6.59. The molecule has 0 unspecified atom stereocenters. The number of likely N-dealkylation sites (tertiary alicyclic amines) is 1. The van der Waals surface area contributed by atoms with Crippen molar-refractivity contribution >= 4 is 21.6 Å². The molecule has 1 amide bonds. The van der Waals surface area contributed by atoms with E-state index in [-0.39, 0.29) is 16.8 Å². The van der Waals surface area contributed by atoms with Gasteiger partial charge in [-0.2, -0.15) is 0 Å². The molecule has 29 heavy (non-hydrogen) atoms. The Balaban J connectivity index is 1.76. The van der Waals surface area contributed by atoms with Crippen molar-refractivity contribution in [3.63, 3.8) is 0 Å². The predicted molar refractivity (Wildman–Crippen MR) is 116 cm³/mol. The highest BCUT2D eigenvalue weighted by atomic mass is 32.2. The molecule has 7 heteroatoms. The number of amides is 1. The monoisotopic (exact) mass is 415 g/mol. The van der Waals surface area contributed by atoms with Crippen LogP contribution >= 0.6 is 0 Å². The number of piperidine rings is 1. The second-order valence-corrected chi connectivity index (χ2v) is 9.32. The number of hydrogen-bond donors (Lipinski definition) is 2. The molecular formula is C22H29N3O3S. The lowest BCUT2D eigenvalue weighted by Gasteiger charge is -2.31. The van der Waals surface area contributed by atoms with Crippen molar-refractivity contribution in [3.05, 3.63) is 59.2 Å². The van der Waals surface area contributed by atoms with Gasteiger partial charge in [0.2, 0.25) is 0 Å². The van der Waals surface area contributed by atoms with E-state index in [2.05, 4.69) is 21.9 Å². The molecular weight excluding hydrogens is 386 g/mol. The number of aryl methyl sites for hydroxylation is 2. The van der Waals surface area contributed by atoms with Crippen molar-refractivity contribution in [1.82, 2.24) is 10.2 Å². The zero-order valence-corrected chi connectivity index (χ0v) is 18.1. The molecule has 2 N–H and O–H groups in total. The average molecular weight is 416 g/mol. The second kappa shape index (κ2) is 8.97. The Bertz CT molecular complexity index is 981. The van der Waals surface area contributed by atoms with E-state index in [1.807, 2.05) is 19.9 Å². The summed E-state index contributed by atoms with van der Waals surface area (Å²) in [7, 11) is -3.78. The number of nitrogens with zero attached hydrogens (tertiary/aromatic N) is 1. The largest absolute Gasteiger partial charge is 0.349 e. The van der Waals surface area contributed by atoms with Crippen LogP contribution in [0.3, 0.4) is 0 Å². The molecule has 2 aromatic rings. The van der Waals surface area contributed by atoms with E-state index in [9.17, 15) is 13.2 Å². The van der Waals surface area contributed by atoms with Crippen LogP contribution in [0.2, 0.25) is 0 Å². The van der Waals surface area contributed by atoms with E-state index in [4.69, 9.17) is 0 Å². The van der Waals surface area contributed by atoms with Gasteiger partial charge in [-0.25, -0.2) is 8.42 Å².